The zero-order valence-electron chi connectivity index (χ0n) is 13.1. The second kappa shape index (κ2) is 8.29. The Hall–Kier alpha value is -2.40. The molecule has 2 aromatic carbocycles. The van der Waals surface area contributed by atoms with Crippen LogP contribution in [0.5, 0.6) is 11.5 Å². The maximum atomic E-state index is 13.6. The van der Waals surface area contributed by atoms with Gasteiger partial charge < -0.3 is 15.8 Å². The Balaban J connectivity index is 0.000000326. The number of carbonyl (C=O) groups is 1. The minimum atomic E-state index is -0.671. The molecule has 0 unspecified atom stereocenters. The molecule has 0 aromatic heterocycles. The maximum absolute atomic E-state index is 13.6. The molecule has 0 bridgehead atoms. The van der Waals surface area contributed by atoms with Crippen LogP contribution >= 0.6 is 0 Å². The zero-order chi connectivity index (χ0) is 16.7. The van der Waals surface area contributed by atoms with Crippen LogP contribution in [0.2, 0.25) is 0 Å². The Morgan fingerprint density at radius 2 is 1.78 bits per heavy atom. The molecule has 0 aliphatic carbocycles. The first-order chi connectivity index (χ1) is 11.1. The number of hydrogen-bond donors (Lipinski definition) is 2. The molecule has 1 aliphatic rings. The fourth-order valence-electron chi connectivity index (χ4n) is 2.10. The lowest BCUT2D eigenvalue weighted by Crippen LogP contribution is -2.11. The number of ether oxygens (including phenoxy) is 1. The summed E-state index contributed by atoms with van der Waals surface area (Å²) in [4.78, 5) is 10.9. The topological polar surface area (TPSA) is 64.3 Å². The third-order valence-corrected chi connectivity index (χ3v) is 3.42. The van der Waals surface area contributed by atoms with E-state index in [1.54, 1.807) is 12.1 Å². The minimum absolute atomic E-state index is 0.0591. The number of nitrogens with one attached hydrogen (secondary N) is 1. The largest absolute Gasteiger partial charge is 0.454 e. The fourth-order valence-corrected chi connectivity index (χ4v) is 2.10. The van der Waals surface area contributed by atoms with Crippen LogP contribution in [0.25, 0.3) is 0 Å². The van der Waals surface area contributed by atoms with Crippen LogP contribution < -0.4 is 15.8 Å². The molecule has 1 heterocycles. The van der Waals surface area contributed by atoms with Gasteiger partial charge in [0.05, 0.1) is 0 Å². The number of amides is 1. The number of primary amides is 1. The average molecular weight is 316 g/mol. The smallest absolute Gasteiger partial charge is 0.248 e. The van der Waals surface area contributed by atoms with E-state index in [0.29, 0.717) is 5.75 Å². The highest BCUT2D eigenvalue weighted by molar-refractivity contribution is 5.92. The molecule has 23 heavy (non-hydrogen) atoms. The van der Waals surface area contributed by atoms with Crippen molar-refractivity contribution >= 4 is 5.91 Å². The Kier molecular flexibility index (Phi) is 6.11. The summed E-state index contributed by atoms with van der Waals surface area (Å²) in [5.74, 6) is -0.696. The van der Waals surface area contributed by atoms with Crippen LogP contribution in [0.4, 0.5) is 4.39 Å². The van der Waals surface area contributed by atoms with Crippen LogP contribution in [0.1, 0.15) is 28.8 Å². The second-order valence-electron chi connectivity index (χ2n) is 5.38. The Labute approximate surface area is 135 Å². The number of nitrogens with two attached hydrogens (primary N) is 1. The summed E-state index contributed by atoms with van der Waals surface area (Å²) in [6.07, 6.45) is 2.78. The highest BCUT2D eigenvalue weighted by atomic mass is 19.1. The van der Waals surface area contributed by atoms with E-state index in [2.05, 4.69) is 5.32 Å². The fraction of sp³-hybridized carbons (Fsp3) is 0.278. The van der Waals surface area contributed by atoms with Gasteiger partial charge in [0, 0.05) is 5.56 Å². The number of benzene rings is 2. The Morgan fingerprint density at radius 3 is 2.26 bits per heavy atom. The van der Waals surface area contributed by atoms with Crippen molar-refractivity contribution in [3.8, 4) is 11.5 Å². The van der Waals surface area contributed by atoms with Crippen LogP contribution in [-0.2, 0) is 0 Å². The first kappa shape index (κ1) is 17.0. The lowest BCUT2D eigenvalue weighted by Gasteiger charge is -2.07. The highest BCUT2D eigenvalue weighted by Gasteiger charge is 2.08. The number of halogens is 1. The van der Waals surface area contributed by atoms with Gasteiger partial charge in [0.15, 0.2) is 11.6 Å². The van der Waals surface area contributed by atoms with Gasteiger partial charge in [-0.15, -0.1) is 0 Å². The molecule has 0 saturated carbocycles. The summed E-state index contributed by atoms with van der Waals surface area (Å²) < 4.78 is 19.0. The predicted molar refractivity (Wildman–Crippen MR) is 88.3 cm³/mol. The average Bonchev–Trinajstić information content (AvgIpc) is 3.11. The first-order valence-electron chi connectivity index (χ1n) is 7.61. The predicted octanol–water partition coefficient (Wildman–Crippen LogP) is 3.40. The van der Waals surface area contributed by atoms with Gasteiger partial charge in [0.25, 0.3) is 0 Å². The number of hydrogen-bond acceptors (Lipinski definition) is 3. The van der Waals surface area contributed by atoms with Gasteiger partial charge in [-0.05, 0) is 63.2 Å². The third kappa shape index (κ3) is 5.38. The Bertz CT molecular complexity index is 645. The first-order valence-corrected chi connectivity index (χ1v) is 7.61. The van der Waals surface area contributed by atoms with Gasteiger partial charge in [-0.25, -0.2) is 4.39 Å². The zero-order valence-corrected chi connectivity index (χ0v) is 13.1. The summed E-state index contributed by atoms with van der Waals surface area (Å²) in [5.41, 5.74) is 6.26. The van der Waals surface area contributed by atoms with Gasteiger partial charge >= 0.3 is 0 Å². The molecule has 0 atom stereocenters. The molecule has 1 aliphatic heterocycles. The van der Waals surface area contributed by atoms with Crippen molar-refractivity contribution in [2.75, 3.05) is 13.1 Å². The molecule has 2 aromatic rings. The van der Waals surface area contributed by atoms with Gasteiger partial charge in [0.1, 0.15) is 5.75 Å². The molecule has 1 amide bonds. The molecule has 122 valence electrons. The van der Waals surface area contributed by atoms with Gasteiger partial charge in [-0.3, -0.25) is 4.79 Å². The summed E-state index contributed by atoms with van der Waals surface area (Å²) in [7, 11) is 0. The molecule has 0 spiro atoms. The molecule has 1 fully saturated rings. The van der Waals surface area contributed by atoms with Crippen LogP contribution in [0.15, 0.2) is 42.5 Å². The van der Waals surface area contributed by atoms with E-state index >= 15 is 0 Å². The van der Waals surface area contributed by atoms with Crippen molar-refractivity contribution in [2.24, 2.45) is 5.73 Å². The maximum Gasteiger partial charge on any atom is 0.248 e. The third-order valence-electron chi connectivity index (χ3n) is 3.42. The summed E-state index contributed by atoms with van der Waals surface area (Å²) in [6, 6.07) is 11.1. The summed E-state index contributed by atoms with van der Waals surface area (Å²) in [5, 5.41) is 3.22. The van der Waals surface area contributed by atoms with E-state index in [1.807, 2.05) is 19.1 Å². The van der Waals surface area contributed by atoms with Crippen molar-refractivity contribution in [1.82, 2.24) is 5.32 Å². The SMILES string of the molecule is C1CCNC1.Cc1ccc(Oc2ccc(C(N)=O)cc2F)cc1. The minimum Gasteiger partial charge on any atom is -0.454 e. The van der Waals surface area contributed by atoms with Crippen molar-refractivity contribution in [3.05, 3.63) is 59.4 Å². The lowest BCUT2D eigenvalue weighted by atomic mass is 10.2. The van der Waals surface area contributed by atoms with Crippen molar-refractivity contribution in [1.29, 1.82) is 0 Å². The molecule has 5 heteroatoms. The molecule has 1 saturated heterocycles. The summed E-state index contributed by atoms with van der Waals surface area (Å²) >= 11 is 0. The van der Waals surface area contributed by atoms with Crippen LogP contribution in [-0.4, -0.2) is 19.0 Å². The van der Waals surface area contributed by atoms with E-state index in [9.17, 15) is 9.18 Å². The Morgan fingerprint density at radius 1 is 1.13 bits per heavy atom. The van der Waals surface area contributed by atoms with Crippen molar-refractivity contribution < 1.29 is 13.9 Å². The monoisotopic (exact) mass is 316 g/mol. The van der Waals surface area contributed by atoms with Crippen molar-refractivity contribution in [3.63, 3.8) is 0 Å². The number of rotatable bonds is 3. The summed E-state index contributed by atoms with van der Waals surface area (Å²) in [6.45, 7) is 4.45. The van der Waals surface area contributed by atoms with Gasteiger partial charge in [-0.1, -0.05) is 17.7 Å². The molecule has 0 radical (unpaired) electrons. The van der Waals surface area contributed by atoms with E-state index in [-0.39, 0.29) is 11.3 Å². The molecular formula is C18H21FN2O2. The van der Waals surface area contributed by atoms with Crippen LogP contribution in [0, 0.1) is 12.7 Å². The molecular weight excluding hydrogens is 295 g/mol. The van der Waals surface area contributed by atoms with E-state index in [4.69, 9.17) is 10.5 Å². The quantitative estimate of drug-likeness (QED) is 0.912. The van der Waals surface area contributed by atoms with Crippen LogP contribution in [0.3, 0.4) is 0 Å². The lowest BCUT2D eigenvalue weighted by molar-refractivity contribution is 0.1000. The second-order valence-corrected chi connectivity index (χ2v) is 5.38. The van der Waals surface area contributed by atoms with E-state index in [1.165, 1.54) is 38.1 Å². The normalized spacial score (nSPS) is 13.1. The van der Waals surface area contributed by atoms with E-state index in [0.717, 1.165) is 11.6 Å². The molecule has 3 rings (SSSR count). The number of aryl methyl sites for hydroxylation is 1. The molecule has 4 nitrogen and oxygen atoms in total. The van der Waals surface area contributed by atoms with E-state index < -0.39 is 11.7 Å². The standard InChI is InChI=1S/C14H12FNO2.C4H9N/c1-9-2-5-11(6-3-9)18-13-7-4-10(14(16)17)8-12(13)15;1-2-4-5-3-1/h2-8H,1H3,(H2,16,17);5H,1-4H2. The number of carbonyl (C=O) groups excluding carboxylic acids is 1. The van der Waals surface area contributed by atoms with Gasteiger partial charge in [-0.2, -0.15) is 0 Å². The molecule has 3 N–H and O–H groups in total. The van der Waals surface area contributed by atoms with Crippen molar-refractivity contribution in [2.45, 2.75) is 19.8 Å². The highest BCUT2D eigenvalue weighted by Crippen LogP contribution is 2.25. The van der Waals surface area contributed by atoms with Gasteiger partial charge in [0.2, 0.25) is 5.91 Å².